The van der Waals surface area contributed by atoms with E-state index >= 15 is 0 Å². The molecule has 4 rings (SSSR count). The number of ether oxygens (including phenoxy) is 10. The third-order valence-electron chi connectivity index (χ3n) is 12.5. The lowest BCUT2D eigenvalue weighted by atomic mass is 9.98. The molecule has 24 nitrogen and oxygen atoms in total. The minimum atomic E-state index is -1.04. The van der Waals surface area contributed by atoms with Gasteiger partial charge in [0.2, 0.25) is 17.7 Å². The highest BCUT2D eigenvalue weighted by Crippen LogP contribution is 2.44. The molecule has 3 aromatic carbocycles. The highest BCUT2D eigenvalue weighted by Gasteiger charge is 2.30. The molecule has 0 saturated carbocycles. The maximum absolute atomic E-state index is 13.7. The van der Waals surface area contributed by atoms with Crippen LogP contribution in [-0.4, -0.2) is 206 Å². The molecule has 450 valence electrons. The molecule has 0 heterocycles. The summed E-state index contributed by atoms with van der Waals surface area (Å²) >= 11 is 0. The first-order valence-electron chi connectivity index (χ1n) is 27.6. The number of hydrogen-bond acceptors (Lipinski definition) is 17. The summed E-state index contributed by atoms with van der Waals surface area (Å²) in [6, 6.07) is 20.3. The van der Waals surface area contributed by atoms with E-state index in [4.69, 9.17) is 53.1 Å². The predicted octanol–water partition coefficient (Wildman–Crippen LogP) is 3.55. The second kappa shape index (κ2) is 40.7. The van der Waals surface area contributed by atoms with E-state index in [1.54, 1.807) is 52.3 Å². The van der Waals surface area contributed by atoms with Crippen LogP contribution in [-0.2, 0) is 68.4 Å². The number of fused-ring (bicyclic) bond motifs is 3. The van der Waals surface area contributed by atoms with E-state index in [-0.39, 0.29) is 70.8 Å². The topological polar surface area (TPSA) is 296 Å². The Morgan fingerprint density at radius 2 is 1.15 bits per heavy atom. The fourth-order valence-corrected chi connectivity index (χ4v) is 8.18. The number of alkyl carbamates (subject to hydrolysis) is 1. The van der Waals surface area contributed by atoms with Crippen LogP contribution < -0.4 is 37.6 Å². The maximum Gasteiger partial charge on any atom is 0.410 e. The third kappa shape index (κ3) is 27.2. The van der Waals surface area contributed by atoms with Gasteiger partial charge in [0.1, 0.15) is 25.3 Å². The average Bonchev–Trinajstić information content (AvgIpc) is 3.90. The van der Waals surface area contributed by atoms with E-state index in [9.17, 15) is 28.8 Å². The van der Waals surface area contributed by atoms with Crippen LogP contribution >= 0.6 is 0 Å². The van der Waals surface area contributed by atoms with Crippen LogP contribution in [0, 0.1) is 5.92 Å². The molecule has 3 aromatic rings. The number of benzene rings is 3. The molecule has 0 saturated heterocycles. The van der Waals surface area contributed by atoms with E-state index in [1.807, 2.05) is 24.3 Å². The number of carbonyl (C=O) groups is 6. The summed E-state index contributed by atoms with van der Waals surface area (Å²) in [5, 5.41) is 16.6. The van der Waals surface area contributed by atoms with Gasteiger partial charge in [-0.2, -0.15) is 0 Å². The van der Waals surface area contributed by atoms with Crippen LogP contribution in [0.3, 0.4) is 0 Å². The molecule has 0 fully saturated rings. The zero-order valence-corrected chi connectivity index (χ0v) is 47.5. The van der Waals surface area contributed by atoms with Crippen LogP contribution in [0.2, 0.25) is 0 Å². The van der Waals surface area contributed by atoms with Gasteiger partial charge in [0.05, 0.1) is 99.1 Å². The molecular formula is C57H86N8O16. The minimum absolute atomic E-state index is 0.00143. The molecule has 24 heteroatoms. The zero-order valence-electron chi connectivity index (χ0n) is 47.5. The van der Waals surface area contributed by atoms with E-state index in [0.717, 1.165) is 11.1 Å². The maximum atomic E-state index is 13.7. The summed E-state index contributed by atoms with van der Waals surface area (Å²) in [7, 11) is 3.39. The van der Waals surface area contributed by atoms with Crippen molar-refractivity contribution in [1.29, 1.82) is 0 Å². The van der Waals surface area contributed by atoms with Crippen molar-refractivity contribution in [2.45, 2.75) is 57.7 Å². The van der Waals surface area contributed by atoms with Crippen LogP contribution in [0.15, 0.2) is 72.8 Å². The van der Waals surface area contributed by atoms with Crippen molar-refractivity contribution in [3.8, 4) is 11.1 Å². The van der Waals surface area contributed by atoms with Crippen LogP contribution in [0.4, 0.5) is 20.1 Å². The zero-order chi connectivity index (χ0) is 58.3. The summed E-state index contributed by atoms with van der Waals surface area (Å²) in [6.07, 6.45) is -0.581. The number of amides is 7. The molecule has 81 heavy (non-hydrogen) atoms. The fraction of sp³-hybridized carbons (Fsp3) is 0.579. The first kappa shape index (κ1) is 67.0. The monoisotopic (exact) mass is 1140 g/mol. The number of nitrogens with one attached hydrogen (secondary N) is 6. The van der Waals surface area contributed by atoms with Crippen LogP contribution in [0.1, 0.15) is 55.7 Å². The Bertz CT molecular complexity index is 2250. The van der Waals surface area contributed by atoms with E-state index in [2.05, 4.69) is 56.2 Å². The van der Waals surface area contributed by atoms with E-state index in [0.29, 0.717) is 117 Å². The van der Waals surface area contributed by atoms with Crippen molar-refractivity contribution >= 4 is 41.6 Å². The SMILES string of the molecule is CNCCN(CCOCCOCCOCCNC(=O)OCC1c2ccccc2-c2ccccc21)C(=O)OCc1ccc(NC(=O)[C@H](CCCNC(N)=O)NC(=O)[C@@H](NC(=O)CCOCCOCCOCCOCCOC)C(C)C)cc1. The normalized spacial score (nSPS) is 12.5. The Kier molecular flexibility index (Phi) is 33.6. The van der Waals surface area contributed by atoms with Gasteiger partial charge in [-0.25, -0.2) is 14.4 Å². The lowest BCUT2D eigenvalue weighted by Gasteiger charge is -2.25. The molecule has 1 aliphatic carbocycles. The Labute approximate surface area is 475 Å². The highest BCUT2D eigenvalue weighted by molar-refractivity contribution is 5.98. The summed E-state index contributed by atoms with van der Waals surface area (Å²) in [5.41, 5.74) is 10.9. The Balaban J connectivity index is 1.09. The first-order valence-corrected chi connectivity index (χ1v) is 27.6. The summed E-state index contributed by atoms with van der Waals surface area (Å²) in [5.74, 6) is -1.83. The number of methoxy groups -OCH3 is 1. The number of anilines is 1. The second-order valence-corrected chi connectivity index (χ2v) is 18.9. The Hall–Kier alpha value is -6.48. The number of nitrogens with two attached hydrogens (primary N) is 1. The van der Waals surface area contributed by atoms with Gasteiger partial charge in [0.25, 0.3) is 0 Å². The Morgan fingerprint density at radius 3 is 1.72 bits per heavy atom. The Morgan fingerprint density at radius 1 is 0.593 bits per heavy atom. The number of hydrogen-bond donors (Lipinski definition) is 7. The molecular weight excluding hydrogens is 1050 g/mol. The molecule has 0 bridgehead atoms. The van der Waals surface area contributed by atoms with Crippen LogP contribution in [0.5, 0.6) is 0 Å². The lowest BCUT2D eigenvalue weighted by Crippen LogP contribution is -2.54. The number of carbonyl (C=O) groups excluding carboxylic acids is 6. The molecule has 0 aromatic heterocycles. The molecule has 2 atom stereocenters. The summed E-state index contributed by atoms with van der Waals surface area (Å²) in [4.78, 5) is 78.5. The number of likely N-dealkylation sites (N-methyl/N-ethyl adjacent to an activating group) is 1. The summed E-state index contributed by atoms with van der Waals surface area (Å²) in [6.45, 7) is 10.7. The lowest BCUT2D eigenvalue weighted by molar-refractivity contribution is -0.132. The third-order valence-corrected chi connectivity index (χ3v) is 12.5. The predicted molar refractivity (Wildman–Crippen MR) is 302 cm³/mol. The number of primary amides is 1. The standard InChI is InChI=1S/C57H86N8O16/c1-42(2)52(64-51(66)19-25-73-30-33-77-38-39-79-37-36-76-29-28-72-4)54(68)63-50(14-9-20-60-55(58)69)53(67)62-44-17-15-43(16-18-44)40-81-57(71)65(23-21-59-3)24-27-75-32-35-78-34-31-74-26-22-61-56(70)80-41-49-47-12-7-5-10-45(47)46-11-6-8-13-48(46)49/h5-8,10-13,15-18,42,49-50,52,59H,9,14,19-41H2,1-4H3,(H,61,70)(H,62,67)(H,63,68)(H,64,66)(H3,58,60,69)/t50-,52-/m0/s1. The van der Waals surface area contributed by atoms with Gasteiger partial charge in [0.15, 0.2) is 0 Å². The van der Waals surface area contributed by atoms with Gasteiger partial charge in [-0.15, -0.1) is 0 Å². The number of rotatable bonds is 44. The summed E-state index contributed by atoms with van der Waals surface area (Å²) < 4.78 is 54.8. The number of nitrogens with zero attached hydrogens (tertiary/aromatic N) is 1. The molecule has 0 unspecified atom stereocenters. The largest absolute Gasteiger partial charge is 0.449 e. The van der Waals surface area contributed by atoms with Gasteiger partial charge in [-0.1, -0.05) is 74.5 Å². The van der Waals surface area contributed by atoms with Gasteiger partial charge in [0, 0.05) is 57.9 Å². The van der Waals surface area contributed by atoms with E-state index < -0.39 is 48.0 Å². The molecule has 8 N–H and O–H groups in total. The van der Waals surface area contributed by atoms with Crippen molar-refractivity contribution in [2.24, 2.45) is 11.7 Å². The number of urea groups is 1. The molecule has 7 amide bonds. The average molecular weight is 1140 g/mol. The smallest absolute Gasteiger partial charge is 0.410 e. The van der Waals surface area contributed by atoms with Crippen molar-refractivity contribution in [3.63, 3.8) is 0 Å². The van der Waals surface area contributed by atoms with Crippen molar-refractivity contribution < 1.29 is 76.1 Å². The molecule has 0 aliphatic heterocycles. The van der Waals surface area contributed by atoms with Gasteiger partial charge >= 0.3 is 18.2 Å². The second-order valence-electron chi connectivity index (χ2n) is 18.9. The van der Waals surface area contributed by atoms with Crippen molar-refractivity contribution in [3.05, 3.63) is 89.5 Å². The van der Waals surface area contributed by atoms with Crippen molar-refractivity contribution in [1.82, 2.24) is 31.5 Å². The van der Waals surface area contributed by atoms with Gasteiger partial charge in [-0.05, 0) is 65.8 Å². The van der Waals surface area contributed by atoms with Gasteiger partial charge < -0.3 is 89.9 Å². The quantitative estimate of drug-likeness (QED) is 0.0399. The van der Waals surface area contributed by atoms with Crippen LogP contribution in [0.25, 0.3) is 11.1 Å². The minimum Gasteiger partial charge on any atom is -0.449 e. The molecule has 0 radical (unpaired) electrons. The molecule has 1 aliphatic rings. The first-order chi connectivity index (χ1) is 39.4. The van der Waals surface area contributed by atoms with Crippen molar-refractivity contribution in [2.75, 3.05) is 158 Å². The molecule has 0 spiro atoms. The fourth-order valence-electron chi connectivity index (χ4n) is 8.18. The highest BCUT2D eigenvalue weighted by atomic mass is 16.6. The van der Waals surface area contributed by atoms with Gasteiger partial charge in [-0.3, -0.25) is 14.4 Å². The van der Waals surface area contributed by atoms with E-state index in [1.165, 1.54) is 16.0 Å².